The number of hydrogen-bond acceptors (Lipinski definition) is 3. The van der Waals surface area contributed by atoms with Gasteiger partial charge < -0.3 is 5.32 Å². The molecule has 5 heteroatoms. The maximum absolute atomic E-state index is 11.4. The number of amides is 2. The van der Waals surface area contributed by atoms with Crippen LogP contribution in [0.15, 0.2) is 0 Å². The molecule has 0 aliphatic carbocycles. The third-order valence-corrected chi connectivity index (χ3v) is 2.17. The number of carbonyl (C=O) groups excluding carboxylic acids is 2. The highest BCUT2D eigenvalue weighted by atomic mass is 16.7. The SMILES string of the molecule is CCCCCC(=O)NCCN(C=O)OC(C)(C)C. The van der Waals surface area contributed by atoms with Crippen LogP contribution in [-0.4, -0.2) is 36.1 Å². The van der Waals surface area contributed by atoms with E-state index in [1.54, 1.807) is 0 Å². The second kappa shape index (κ2) is 8.91. The van der Waals surface area contributed by atoms with Gasteiger partial charge in [0.05, 0.1) is 12.1 Å². The number of hydrogen-bond donors (Lipinski definition) is 1. The second-order valence-corrected chi connectivity index (χ2v) is 5.26. The Morgan fingerprint density at radius 3 is 2.50 bits per heavy atom. The minimum atomic E-state index is -0.411. The molecular formula is C13H26N2O3. The fourth-order valence-electron chi connectivity index (χ4n) is 1.40. The molecule has 0 bridgehead atoms. The van der Waals surface area contributed by atoms with Gasteiger partial charge in [-0.15, -0.1) is 0 Å². The Kier molecular flexibility index (Phi) is 8.37. The quantitative estimate of drug-likeness (QED) is 0.390. The molecule has 0 atom stereocenters. The van der Waals surface area contributed by atoms with Gasteiger partial charge in [0.25, 0.3) is 0 Å². The number of rotatable bonds is 9. The molecular weight excluding hydrogens is 232 g/mol. The van der Waals surface area contributed by atoms with Gasteiger partial charge >= 0.3 is 0 Å². The summed E-state index contributed by atoms with van der Waals surface area (Å²) >= 11 is 0. The Balaban J connectivity index is 3.73. The van der Waals surface area contributed by atoms with Crippen LogP contribution in [0.25, 0.3) is 0 Å². The molecule has 0 unspecified atom stereocenters. The molecule has 18 heavy (non-hydrogen) atoms. The number of carbonyl (C=O) groups is 2. The average Bonchev–Trinajstić information content (AvgIpc) is 2.26. The average molecular weight is 258 g/mol. The molecule has 0 saturated heterocycles. The Hall–Kier alpha value is -1.10. The molecule has 0 aliphatic heterocycles. The van der Waals surface area contributed by atoms with Crippen molar-refractivity contribution in [1.29, 1.82) is 0 Å². The Labute approximate surface area is 110 Å². The van der Waals surface area contributed by atoms with Crippen LogP contribution >= 0.6 is 0 Å². The van der Waals surface area contributed by atoms with Gasteiger partial charge in [-0.1, -0.05) is 19.8 Å². The van der Waals surface area contributed by atoms with Crippen molar-refractivity contribution in [2.24, 2.45) is 0 Å². The Morgan fingerprint density at radius 1 is 1.33 bits per heavy atom. The van der Waals surface area contributed by atoms with Crippen LogP contribution in [-0.2, 0) is 14.4 Å². The topological polar surface area (TPSA) is 58.6 Å². The van der Waals surface area contributed by atoms with Gasteiger partial charge in [0.1, 0.15) is 0 Å². The van der Waals surface area contributed by atoms with E-state index in [-0.39, 0.29) is 5.91 Å². The highest BCUT2D eigenvalue weighted by Crippen LogP contribution is 2.08. The van der Waals surface area contributed by atoms with Crippen molar-refractivity contribution in [2.75, 3.05) is 13.1 Å². The lowest BCUT2D eigenvalue weighted by Crippen LogP contribution is -2.38. The lowest BCUT2D eigenvalue weighted by Gasteiger charge is -2.26. The summed E-state index contributed by atoms with van der Waals surface area (Å²) in [5.41, 5.74) is -0.411. The molecule has 0 heterocycles. The summed E-state index contributed by atoms with van der Waals surface area (Å²) in [6.45, 7) is 8.48. The van der Waals surface area contributed by atoms with Crippen molar-refractivity contribution in [3.63, 3.8) is 0 Å². The van der Waals surface area contributed by atoms with Crippen LogP contribution in [0.1, 0.15) is 53.4 Å². The summed E-state index contributed by atoms with van der Waals surface area (Å²) in [5.74, 6) is 0.0325. The van der Waals surface area contributed by atoms with E-state index in [2.05, 4.69) is 12.2 Å². The van der Waals surface area contributed by atoms with Crippen LogP contribution < -0.4 is 5.32 Å². The van der Waals surface area contributed by atoms with Crippen LogP contribution in [0.3, 0.4) is 0 Å². The number of nitrogens with one attached hydrogen (secondary N) is 1. The van der Waals surface area contributed by atoms with Gasteiger partial charge in [-0.2, -0.15) is 0 Å². The molecule has 2 amide bonds. The molecule has 0 aromatic carbocycles. The fraction of sp³-hybridized carbons (Fsp3) is 0.846. The van der Waals surface area contributed by atoms with Gasteiger partial charge in [0, 0.05) is 13.0 Å². The zero-order valence-corrected chi connectivity index (χ0v) is 12.0. The fourth-order valence-corrected chi connectivity index (χ4v) is 1.40. The molecule has 0 fully saturated rings. The lowest BCUT2D eigenvalue weighted by atomic mass is 10.2. The largest absolute Gasteiger partial charge is 0.354 e. The van der Waals surface area contributed by atoms with E-state index >= 15 is 0 Å². The van der Waals surface area contributed by atoms with Crippen LogP contribution in [0, 0.1) is 0 Å². The summed E-state index contributed by atoms with van der Waals surface area (Å²) in [4.78, 5) is 27.6. The van der Waals surface area contributed by atoms with Crippen LogP contribution in [0.2, 0.25) is 0 Å². The molecule has 0 rings (SSSR count). The zero-order chi connectivity index (χ0) is 14.0. The Bertz CT molecular complexity index is 249. The molecule has 106 valence electrons. The van der Waals surface area contributed by atoms with Crippen molar-refractivity contribution >= 4 is 12.3 Å². The first-order chi connectivity index (χ1) is 8.39. The lowest BCUT2D eigenvalue weighted by molar-refractivity contribution is -0.215. The number of hydroxylamine groups is 2. The maximum Gasteiger partial charge on any atom is 0.233 e. The first-order valence-corrected chi connectivity index (χ1v) is 6.57. The van der Waals surface area contributed by atoms with Crippen molar-refractivity contribution in [2.45, 2.75) is 59.0 Å². The molecule has 0 aromatic heterocycles. The highest BCUT2D eigenvalue weighted by molar-refractivity contribution is 5.75. The first kappa shape index (κ1) is 16.9. The van der Waals surface area contributed by atoms with E-state index in [4.69, 9.17) is 4.84 Å². The van der Waals surface area contributed by atoms with Crippen molar-refractivity contribution in [1.82, 2.24) is 10.4 Å². The zero-order valence-electron chi connectivity index (χ0n) is 12.0. The van der Waals surface area contributed by atoms with E-state index in [0.29, 0.717) is 25.9 Å². The third-order valence-electron chi connectivity index (χ3n) is 2.17. The first-order valence-electron chi connectivity index (χ1n) is 6.57. The van der Waals surface area contributed by atoms with Crippen molar-refractivity contribution in [3.8, 4) is 0 Å². The van der Waals surface area contributed by atoms with E-state index in [1.165, 1.54) is 5.06 Å². The van der Waals surface area contributed by atoms with Crippen molar-refractivity contribution < 1.29 is 14.4 Å². The van der Waals surface area contributed by atoms with Gasteiger partial charge in [0.15, 0.2) is 0 Å². The summed E-state index contributed by atoms with van der Waals surface area (Å²) in [5, 5.41) is 3.99. The summed E-state index contributed by atoms with van der Waals surface area (Å²) in [7, 11) is 0. The van der Waals surface area contributed by atoms with Crippen molar-refractivity contribution in [3.05, 3.63) is 0 Å². The molecule has 0 saturated carbocycles. The number of unbranched alkanes of at least 4 members (excludes halogenated alkanes) is 2. The predicted octanol–water partition coefficient (Wildman–Crippen LogP) is 1.87. The minimum Gasteiger partial charge on any atom is -0.354 e. The summed E-state index contributed by atoms with van der Waals surface area (Å²) in [6.07, 6.45) is 4.27. The van der Waals surface area contributed by atoms with E-state index in [0.717, 1.165) is 19.3 Å². The third kappa shape index (κ3) is 10.1. The maximum atomic E-state index is 11.4. The molecule has 0 spiro atoms. The van der Waals surface area contributed by atoms with E-state index in [9.17, 15) is 9.59 Å². The molecule has 0 radical (unpaired) electrons. The van der Waals surface area contributed by atoms with Crippen LogP contribution in [0.4, 0.5) is 0 Å². The predicted molar refractivity (Wildman–Crippen MR) is 70.8 cm³/mol. The highest BCUT2D eigenvalue weighted by Gasteiger charge is 2.15. The monoisotopic (exact) mass is 258 g/mol. The summed E-state index contributed by atoms with van der Waals surface area (Å²) in [6, 6.07) is 0. The minimum absolute atomic E-state index is 0.0325. The number of nitrogens with zero attached hydrogens (tertiary/aromatic N) is 1. The molecule has 1 N–H and O–H groups in total. The second-order valence-electron chi connectivity index (χ2n) is 5.26. The molecule has 0 aliphatic rings. The van der Waals surface area contributed by atoms with E-state index < -0.39 is 5.60 Å². The molecule has 0 aromatic rings. The van der Waals surface area contributed by atoms with Gasteiger partial charge in [-0.25, -0.2) is 5.06 Å². The normalized spacial score (nSPS) is 11.1. The van der Waals surface area contributed by atoms with E-state index in [1.807, 2.05) is 20.8 Å². The van der Waals surface area contributed by atoms with Gasteiger partial charge in [-0.3, -0.25) is 14.4 Å². The van der Waals surface area contributed by atoms with Gasteiger partial charge in [-0.05, 0) is 27.2 Å². The van der Waals surface area contributed by atoms with Crippen LogP contribution in [0.5, 0.6) is 0 Å². The smallest absolute Gasteiger partial charge is 0.233 e. The van der Waals surface area contributed by atoms with Gasteiger partial charge in [0.2, 0.25) is 12.3 Å². The Morgan fingerprint density at radius 2 is 2.00 bits per heavy atom. The molecule has 5 nitrogen and oxygen atoms in total. The summed E-state index contributed by atoms with van der Waals surface area (Å²) < 4.78 is 0. The standard InChI is InChI=1S/C13H26N2O3/c1-5-6-7-8-12(17)14-9-10-15(11-16)18-13(2,3)4/h11H,5-10H2,1-4H3,(H,14,17).